The maximum atomic E-state index is 5.83. The Balaban J connectivity index is 2.19. The molecule has 0 radical (unpaired) electrons. The molecule has 0 aromatic carbocycles. The highest BCUT2D eigenvalue weighted by atomic mass is 16.5. The first-order valence-electron chi connectivity index (χ1n) is 7.39. The third-order valence-electron chi connectivity index (χ3n) is 3.74. The van der Waals surface area contributed by atoms with Gasteiger partial charge in [0, 0.05) is 25.7 Å². The van der Waals surface area contributed by atoms with Crippen LogP contribution in [-0.4, -0.2) is 56.8 Å². The zero-order valence-electron chi connectivity index (χ0n) is 12.7. The maximum absolute atomic E-state index is 5.83. The van der Waals surface area contributed by atoms with Crippen LogP contribution in [0.2, 0.25) is 0 Å². The van der Waals surface area contributed by atoms with Crippen molar-refractivity contribution in [2.45, 2.75) is 51.1 Å². The van der Waals surface area contributed by atoms with Gasteiger partial charge in [0.1, 0.15) is 0 Å². The highest BCUT2D eigenvalue weighted by Gasteiger charge is 2.17. The lowest BCUT2D eigenvalue weighted by atomic mass is 9.94. The van der Waals surface area contributed by atoms with E-state index in [9.17, 15) is 0 Å². The summed E-state index contributed by atoms with van der Waals surface area (Å²) >= 11 is 0. The van der Waals surface area contributed by atoms with Gasteiger partial charge in [-0.3, -0.25) is 4.99 Å². The van der Waals surface area contributed by atoms with Gasteiger partial charge in [-0.15, -0.1) is 0 Å². The van der Waals surface area contributed by atoms with Crippen molar-refractivity contribution in [3.8, 4) is 0 Å². The molecule has 1 aliphatic rings. The summed E-state index contributed by atoms with van der Waals surface area (Å²) in [7, 11) is 3.88. The van der Waals surface area contributed by atoms with Gasteiger partial charge in [0.15, 0.2) is 5.96 Å². The number of guanidine groups is 1. The minimum absolute atomic E-state index is 0.199. The van der Waals surface area contributed by atoms with E-state index in [2.05, 4.69) is 22.3 Å². The third kappa shape index (κ3) is 6.78. The van der Waals surface area contributed by atoms with Gasteiger partial charge in [-0.1, -0.05) is 19.3 Å². The van der Waals surface area contributed by atoms with Crippen LogP contribution in [0.3, 0.4) is 0 Å². The molecule has 1 aliphatic carbocycles. The first-order valence-corrected chi connectivity index (χ1v) is 7.39. The molecule has 19 heavy (non-hydrogen) atoms. The summed E-state index contributed by atoms with van der Waals surface area (Å²) in [6.07, 6.45) is 6.81. The van der Waals surface area contributed by atoms with Crippen LogP contribution in [0.5, 0.6) is 0 Å². The van der Waals surface area contributed by atoms with Gasteiger partial charge in [0.25, 0.3) is 0 Å². The summed E-state index contributed by atoms with van der Waals surface area (Å²) in [5.74, 6) is 0.515. The van der Waals surface area contributed by atoms with Crippen LogP contribution in [-0.2, 0) is 4.74 Å². The summed E-state index contributed by atoms with van der Waals surface area (Å²) < 4.78 is 5.05. The van der Waals surface area contributed by atoms with E-state index >= 15 is 0 Å². The van der Waals surface area contributed by atoms with Crippen molar-refractivity contribution in [1.29, 1.82) is 0 Å². The van der Waals surface area contributed by atoms with E-state index in [-0.39, 0.29) is 6.04 Å². The monoisotopic (exact) mass is 270 g/mol. The average Bonchev–Trinajstić information content (AvgIpc) is 2.39. The standard InChI is InChI=1S/C14H30N4O/c1-12(11-19-3)17-14(15)16-9-10-18(2)13-7-5-4-6-8-13/h12-13H,4-11H2,1-3H3,(H3,15,16,17). The number of nitrogens with two attached hydrogens (primary N) is 1. The number of methoxy groups -OCH3 is 1. The van der Waals surface area contributed by atoms with Crippen molar-refractivity contribution in [2.75, 3.05) is 33.9 Å². The van der Waals surface area contributed by atoms with E-state index in [0.29, 0.717) is 12.6 Å². The molecule has 0 aromatic heterocycles. The normalized spacial score (nSPS) is 19.7. The first kappa shape index (κ1) is 16.2. The van der Waals surface area contributed by atoms with Crippen molar-refractivity contribution < 1.29 is 4.74 Å². The third-order valence-corrected chi connectivity index (χ3v) is 3.74. The summed E-state index contributed by atoms with van der Waals surface area (Å²) in [5.41, 5.74) is 5.83. The SMILES string of the molecule is COCC(C)NC(N)=NCCN(C)C1CCCCC1. The summed E-state index contributed by atoms with van der Waals surface area (Å²) in [6.45, 7) is 4.40. The molecule has 0 aromatic rings. The Morgan fingerprint density at radius 2 is 2.11 bits per heavy atom. The van der Waals surface area contributed by atoms with E-state index in [0.717, 1.165) is 19.1 Å². The fourth-order valence-corrected chi connectivity index (χ4v) is 2.62. The lowest BCUT2D eigenvalue weighted by molar-refractivity contribution is 0.179. The molecule has 0 saturated heterocycles. The lowest BCUT2D eigenvalue weighted by Gasteiger charge is -2.30. The second kappa shape index (κ2) is 9.15. The zero-order valence-corrected chi connectivity index (χ0v) is 12.7. The molecule has 112 valence electrons. The molecule has 0 heterocycles. The molecule has 1 rings (SSSR count). The molecule has 0 aliphatic heterocycles. The second-order valence-corrected chi connectivity index (χ2v) is 5.54. The molecule has 1 atom stereocenters. The van der Waals surface area contributed by atoms with Crippen molar-refractivity contribution >= 4 is 5.96 Å². The number of nitrogens with zero attached hydrogens (tertiary/aromatic N) is 2. The molecular weight excluding hydrogens is 240 g/mol. The summed E-state index contributed by atoms with van der Waals surface area (Å²) in [6, 6.07) is 0.940. The molecule has 1 saturated carbocycles. The Morgan fingerprint density at radius 1 is 1.42 bits per heavy atom. The number of hydrogen-bond donors (Lipinski definition) is 2. The molecule has 3 N–H and O–H groups in total. The van der Waals surface area contributed by atoms with Crippen molar-refractivity contribution in [1.82, 2.24) is 10.2 Å². The van der Waals surface area contributed by atoms with E-state index in [4.69, 9.17) is 10.5 Å². The number of aliphatic imine (C=N–C) groups is 1. The van der Waals surface area contributed by atoms with Crippen LogP contribution in [0.25, 0.3) is 0 Å². The molecule has 0 bridgehead atoms. The van der Waals surface area contributed by atoms with Crippen LogP contribution in [0, 0.1) is 0 Å². The largest absolute Gasteiger partial charge is 0.383 e. The van der Waals surface area contributed by atoms with Gasteiger partial charge in [-0.25, -0.2) is 0 Å². The molecule has 5 heteroatoms. The van der Waals surface area contributed by atoms with Crippen LogP contribution in [0.4, 0.5) is 0 Å². The number of hydrogen-bond acceptors (Lipinski definition) is 3. The first-order chi connectivity index (χ1) is 9.13. The summed E-state index contributed by atoms with van der Waals surface area (Å²) in [5, 5.41) is 3.12. The fraction of sp³-hybridized carbons (Fsp3) is 0.929. The van der Waals surface area contributed by atoms with Crippen LogP contribution < -0.4 is 11.1 Å². The van der Waals surface area contributed by atoms with E-state index < -0.39 is 0 Å². The minimum Gasteiger partial charge on any atom is -0.383 e. The zero-order chi connectivity index (χ0) is 14.1. The van der Waals surface area contributed by atoms with Gasteiger partial charge >= 0.3 is 0 Å². The smallest absolute Gasteiger partial charge is 0.188 e. The molecule has 5 nitrogen and oxygen atoms in total. The Bertz CT molecular complexity index is 264. The van der Waals surface area contributed by atoms with Gasteiger partial charge in [0.2, 0.25) is 0 Å². The van der Waals surface area contributed by atoms with Gasteiger partial charge < -0.3 is 20.7 Å². The minimum atomic E-state index is 0.199. The topological polar surface area (TPSA) is 62.9 Å². The van der Waals surface area contributed by atoms with Gasteiger partial charge in [-0.2, -0.15) is 0 Å². The molecule has 0 amide bonds. The quantitative estimate of drug-likeness (QED) is 0.539. The van der Waals surface area contributed by atoms with Gasteiger partial charge in [0.05, 0.1) is 13.2 Å². The number of rotatable bonds is 7. The Hall–Kier alpha value is -0.810. The molecule has 1 unspecified atom stereocenters. The van der Waals surface area contributed by atoms with Crippen LogP contribution in [0.15, 0.2) is 4.99 Å². The second-order valence-electron chi connectivity index (χ2n) is 5.54. The highest BCUT2D eigenvalue weighted by molar-refractivity contribution is 5.78. The molecular formula is C14H30N4O. The predicted molar refractivity (Wildman–Crippen MR) is 80.5 cm³/mol. The number of likely N-dealkylation sites (N-methyl/N-ethyl adjacent to an activating group) is 1. The van der Waals surface area contributed by atoms with Crippen molar-refractivity contribution in [3.63, 3.8) is 0 Å². The van der Waals surface area contributed by atoms with Crippen molar-refractivity contribution in [3.05, 3.63) is 0 Å². The maximum Gasteiger partial charge on any atom is 0.188 e. The number of ether oxygens (including phenoxy) is 1. The lowest BCUT2D eigenvalue weighted by Crippen LogP contribution is -2.41. The van der Waals surface area contributed by atoms with E-state index in [1.807, 2.05) is 6.92 Å². The van der Waals surface area contributed by atoms with Crippen LogP contribution >= 0.6 is 0 Å². The van der Waals surface area contributed by atoms with Crippen molar-refractivity contribution in [2.24, 2.45) is 10.7 Å². The Labute approximate surface area is 117 Å². The van der Waals surface area contributed by atoms with E-state index in [1.54, 1.807) is 7.11 Å². The van der Waals surface area contributed by atoms with E-state index in [1.165, 1.54) is 32.1 Å². The van der Waals surface area contributed by atoms with Gasteiger partial charge in [-0.05, 0) is 26.8 Å². The predicted octanol–water partition coefficient (Wildman–Crippen LogP) is 1.19. The van der Waals surface area contributed by atoms with Crippen LogP contribution in [0.1, 0.15) is 39.0 Å². The summed E-state index contributed by atoms with van der Waals surface area (Å²) in [4.78, 5) is 6.79. The Kier molecular flexibility index (Phi) is 7.82. The average molecular weight is 270 g/mol. The fourth-order valence-electron chi connectivity index (χ4n) is 2.62. The number of nitrogens with one attached hydrogen (secondary N) is 1. The molecule has 1 fully saturated rings. The Morgan fingerprint density at radius 3 is 2.74 bits per heavy atom. The highest BCUT2D eigenvalue weighted by Crippen LogP contribution is 2.21. The molecule has 0 spiro atoms.